The van der Waals surface area contributed by atoms with E-state index < -0.39 is 0 Å². The molecule has 0 spiro atoms. The number of hydrogen-bond acceptors (Lipinski definition) is 1. The van der Waals surface area contributed by atoms with Crippen molar-refractivity contribution in [1.29, 1.82) is 0 Å². The van der Waals surface area contributed by atoms with Gasteiger partial charge in [0.2, 0.25) is 0 Å². The summed E-state index contributed by atoms with van der Waals surface area (Å²) in [5.41, 5.74) is 6.40. The van der Waals surface area contributed by atoms with E-state index in [1.54, 1.807) is 0 Å². The van der Waals surface area contributed by atoms with Crippen LogP contribution in [0.15, 0.2) is 97.1 Å². The Kier molecular flexibility index (Phi) is 6.18. The van der Waals surface area contributed by atoms with Crippen molar-refractivity contribution >= 4 is 0 Å². The fourth-order valence-corrected chi connectivity index (χ4v) is 2.91. The van der Waals surface area contributed by atoms with Crippen LogP contribution in [0.4, 0.5) is 0 Å². The summed E-state index contributed by atoms with van der Waals surface area (Å²) in [5.74, 6) is 14.3. The van der Waals surface area contributed by atoms with Crippen LogP contribution in [0.2, 0.25) is 0 Å². The summed E-state index contributed by atoms with van der Waals surface area (Å²) in [6, 6.07) is 32.0. The molecule has 0 aliphatic rings. The van der Waals surface area contributed by atoms with E-state index in [4.69, 9.17) is 4.74 Å². The van der Waals surface area contributed by atoms with Crippen LogP contribution in [0.1, 0.15) is 33.4 Å². The van der Waals surface area contributed by atoms with Gasteiger partial charge in [0.05, 0.1) is 0 Å². The first-order chi connectivity index (χ1) is 15.1. The van der Waals surface area contributed by atoms with Crippen molar-refractivity contribution in [1.82, 2.24) is 0 Å². The fourth-order valence-electron chi connectivity index (χ4n) is 2.91. The number of benzene rings is 4. The molecule has 0 atom stereocenters. The van der Waals surface area contributed by atoms with Gasteiger partial charge in [-0.1, -0.05) is 59.1 Å². The Labute approximate surface area is 184 Å². The first-order valence-corrected chi connectivity index (χ1v) is 10.2. The van der Waals surface area contributed by atoms with E-state index in [0.29, 0.717) is 0 Å². The molecule has 4 rings (SSSR count). The molecule has 0 aliphatic carbocycles. The van der Waals surface area contributed by atoms with Gasteiger partial charge in [-0.05, 0) is 86.6 Å². The third kappa shape index (κ3) is 5.89. The molecule has 1 nitrogen and oxygen atoms in total. The average molecular weight is 399 g/mol. The van der Waals surface area contributed by atoms with Crippen molar-refractivity contribution in [2.24, 2.45) is 0 Å². The van der Waals surface area contributed by atoms with Crippen LogP contribution in [0.3, 0.4) is 0 Å². The molecule has 0 bridgehead atoms. The van der Waals surface area contributed by atoms with Crippen molar-refractivity contribution in [3.8, 4) is 35.2 Å². The second kappa shape index (κ2) is 9.53. The third-order valence-electron chi connectivity index (χ3n) is 4.75. The van der Waals surface area contributed by atoms with E-state index in [1.165, 1.54) is 11.1 Å². The lowest BCUT2D eigenvalue weighted by Crippen LogP contribution is -1.85. The Balaban J connectivity index is 1.38. The molecule has 0 amide bonds. The molecule has 0 radical (unpaired) electrons. The second-order valence-corrected chi connectivity index (χ2v) is 7.38. The molecule has 0 unspecified atom stereocenters. The SMILES string of the molecule is Cc1ccc(C#Cc2ccc(Oc3ccc(C#Cc4ccc(C)cc4)cc3)cc2)cc1. The van der Waals surface area contributed by atoms with E-state index in [1.807, 2.05) is 72.8 Å². The fraction of sp³-hybridized carbons (Fsp3) is 0.0667. The molecule has 0 aromatic heterocycles. The molecular weight excluding hydrogens is 376 g/mol. The Bertz CT molecular complexity index is 1170. The van der Waals surface area contributed by atoms with Crippen LogP contribution < -0.4 is 4.74 Å². The molecule has 0 heterocycles. The Morgan fingerprint density at radius 2 is 0.645 bits per heavy atom. The maximum absolute atomic E-state index is 5.94. The molecule has 148 valence electrons. The number of aryl methyl sites for hydroxylation is 2. The van der Waals surface area contributed by atoms with Gasteiger partial charge in [-0.25, -0.2) is 0 Å². The summed E-state index contributed by atoms with van der Waals surface area (Å²) in [4.78, 5) is 0. The largest absolute Gasteiger partial charge is 0.457 e. The average Bonchev–Trinajstić information content (AvgIpc) is 2.80. The Morgan fingerprint density at radius 3 is 0.935 bits per heavy atom. The highest BCUT2D eigenvalue weighted by molar-refractivity contribution is 5.47. The van der Waals surface area contributed by atoms with Crippen LogP contribution in [-0.2, 0) is 0 Å². The number of ether oxygens (including phenoxy) is 1. The summed E-state index contributed by atoms with van der Waals surface area (Å²) in [7, 11) is 0. The first-order valence-electron chi connectivity index (χ1n) is 10.2. The van der Waals surface area contributed by atoms with Gasteiger partial charge in [0.25, 0.3) is 0 Å². The van der Waals surface area contributed by atoms with Gasteiger partial charge in [-0.3, -0.25) is 0 Å². The maximum Gasteiger partial charge on any atom is 0.127 e. The van der Waals surface area contributed by atoms with Crippen molar-refractivity contribution in [2.75, 3.05) is 0 Å². The molecule has 0 N–H and O–H groups in total. The van der Waals surface area contributed by atoms with E-state index >= 15 is 0 Å². The van der Waals surface area contributed by atoms with Gasteiger partial charge in [0, 0.05) is 22.3 Å². The van der Waals surface area contributed by atoms with Crippen molar-refractivity contribution in [2.45, 2.75) is 13.8 Å². The third-order valence-corrected chi connectivity index (χ3v) is 4.75. The minimum absolute atomic E-state index is 0.777. The predicted octanol–water partition coefficient (Wildman–Crippen LogP) is 6.90. The van der Waals surface area contributed by atoms with Gasteiger partial charge in [-0.2, -0.15) is 0 Å². The van der Waals surface area contributed by atoms with E-state index in [9.17, 15) is 0 Å². The predicted molar refractivity (Wildman–Crippen MR) is 127 cm³/mol. The Morgan fingerprint density at radius 1 is 0.387 bits per heavy atom. The first kappa shape index (κ1) is 20.1. The quantitative estimate of drug-likeness (QED) is 0.334. The van der Waals surface area contributed by atoms with Gasteiger partial charge >= 0.3 is 0 Å². The summed E-state index contributed by atoms with van der Waals surface area (Å²) in [6.45, 7) is 4.14. The lowest BCUT2D eigenvalue weighted by atomic mass is 10.1. The highest BCUT2D eigenvalue weighted by Gasteiger charge is 1.98. The van der Waals surface area contributed by atoms with E-state index in [-0.39, 0.29) is 0 Å². The van der Waals surface area contributed by atoms with Crippen LogP contribution in [0, 0.1) is 37.5 Å². The smallest absolute Gasteiger partial charge is 0.127 e. The monoisotopic (exact) mass is 398 g/mol. The molecular formula is C30H22O. The Hall–Kier alpha value is -4.20. The van der Waals surface area contributed by atoms with Crippen LogP contribution >= 0.6 is 0 Å². The maximum atomic E-state index is 5.94. The molecule has 4 aromatic rings. The molecule has 31 heavy (non-hydrogen) atoms. The summed E-state index contributed by atoms with van der Waals surface area (Å²) < 4.78 is 5.94. The van der Waals surface area contributed by atoms with Gasteiger partial charge in [-0.15, -0.1) is 0 Å². The lowest BCUT2D eigenvalue weighted by molar-refractivity contribution is 0.482. The highest BCUT2D eigenvalue weighted by Crippen LogP contribution is 2.22. The minimum atomic E-state index is 0.777. The van der Waals surface area contributed by atoms with Gasteiger partial charge in [0.1, 0.15) is 11.5 Å². The van der Waals surface area contributed by atoms with Crippen LogP contribution in [-0.4, -0.2) is 0 Å². The highest BCUT2D eigenvalue weighted by atomic mass is 16.5. The zero-order valence-electron chi connectivity index (χ0n) is 17.6. The lowest BCUT2D eigenvalue weighted by Gasteiger charge is -2.05. The molecule has 0 saturated heterocycles. The van der Waals surface area contributed by atoms with E-state index in [2.05, 4.69) is 61.8 Å². The standard InChI is InChI=1S/C30H22O/c1-23-3-7-25(8-4-23)11-13-27-15-19-29(20-16-27)31-30-21-17-28(18-22-30)14-12-26-9-5-24(2)6-10-26/h3-10,15-22H,1-2H3. The van der Waals surface area contributed by atoms with Crippen molar-refractivity contribution in [3.05, 3.63) is 130 Å². The zero-order valence-corrected chi connectivity index (χ0v) is 17.6. The second-order valence-electron chi connectivity index (χ2n) is 7.38. The van der Waals surface area contributed by atoms with Gasteiger partial charge < -0.3 is 4.74 Å². The molecule has 1 heteroatoms. The molecule has 0 saturated carbocycles. The molecule has 4 aromatic carbocycles. The molecule has 0 aliphatic heterocycles. The summed E-state index contributed by atoms with van der Waals surface area (Å²) >= 11 is 0. The van der Waals surface area contributed by atoms with Crippen molar-refractivity contribution in [3.63, 3.8) is 0 Å². The topological polar surface area (TPSA) is 9.23 Å². The zero-order chi connectivity index (χ0) is 21.5. The number of rotatable bonds is 2. The summed E-state index contributed by atoms with van der Waals surface area (Å²) in [6.07, 6.45) is 0. The van der Waals surface area contributed by atoms with Gasteiger partial charge in [0.15, 0.2) is 0 Å². The van der Waals surface area contributed by atoms with Crippen LogP contribution in [0.5, 0.6) is 11.5 Å². The van der Waals surface area contributed by atoms with Crippen molar-refractivity contribution < 1.29 is 4.74 Å². The van der Waals surface area contributed by atoms with E-state index in [0.717, 1.165) is 33.8 Å². The number of hydrogen-bond donors (Lipinski definition) is 0. The normalized spacial score (nSPS) is 9.74. The summed E-state index contributed by atoms with van der Waals surface area (Å²) in [5, 5.41) is 0. The minimum Gasteiger partial charge on any atom is -0.457 e. The molecule has 0 fully saturated rings. The van der Waals surface area contributed by atoms with Crippen LogP contribution in [0.25, 0.3) is 0 Å².